The Morgan fingerprint density at radius 2 is 1.77 bits per heavy atom. The van der Waals surface area contributed by atoms with Gasteiger partial charge in [0.05, 0.1) is 6.42 Å². The average Bonchev–Trinajstić information content (AvgIpc) is 2.95. The van der Waals surface area contributed by atoms with Gasteiger partial charge in [-0.15, -0.1) is 0 Å². The number of hydrogen-bond acceptors (Lipinski definition) is 4. The first-order valence-corrected chi connectivity index (χ1v) is 9.84. The predicted octanol–water partition coefficient (Wildman–Crippen LogP) is 1.43. The molecule has 1 aromatic rings. The second-order valence-corrected chi connectivity index (χ2v) is 7.91. The molecule has 0 spiro atoms. The van der Waals surface area contributed by atoms with Crippen LogP contribution in [0.4, 0.5) is 10.1 Å². The Hall–Kier alpha value is -1.50. The molecule has 6 heteroatoms. The van der Waals surface area contributed by atoms with Crippen LogP contribution < -0.4 is 4.90 Å². The second kappa shape index (κ2) is 7.62. The van der Waals surface area contributed by atoms with Crippen molar-refractivity contribution in [3.8, 4) is 0 Å². The fourth-order valence-corrected chi connectivity index (χ4v) is 4.53. The number of halogens is 1. The number of benzene rings is 1. The molecule has 0 aromatic heterocycles. The summed E-state index contributed by atoms with van der Waals surface area (Å²) in [6.45, 7) is 8.56. The monoisotopic (exact) mass is 360 g/mol. The van der Waals surface area contributed by atoms with Gasteiger partial charge in [0, 0.05) is 51.0 Å². The first kappa shape index (κ1) is 17.9. The van der Waals surface area contributed by atoms with E-state index in [9.17, 15) is 9.18 Å². The van der Waals surface area contributed by atoms with Crippen molar-refractivity contribution in [1.29, 1.82) is 0 Å². The second-order valence-electron chi connectivity index (χ2n) is 7.91. The average molecular weight is 360 g/mol. The Kier molecular flexibility index (Phi) is 5.25. The van der Waals surface area contributed by atoms with Crippen LogP contribution in [0.3, 0.4) is 0 Å². The summed E-state index contributed by atoms with van der Waals surface area (Å²) in [6, 6.07) is 5.41. The van der Waals surface area contributed by atoms with Crippen molar-refractivity contribution in [3.05, 3.63) is 29.6 Å². The molecule has 0 atom stereocenters. The molecular formula is C20H29FN4O. The van der Waals surface area contributed by atoms with Crippen molar-refractivity contribution >= 4 is 11.6 Å². The number of rotatable bonds is 4. The number of carbonyl (C=O) groups excluding carboxylic acids is 1. The number of hydrogen-bond donors (Lipinski definition) is 0. The van der Waals surface area contributed by atoms with Gasteiger partial charge >= 0.3 is 0 Å². The van der Waals surface area contributed by atoms with E-state index in [-0.39, 0.29) is 11.7 Å². The largest absolute Gasteiger partial charge is 0.311 e. The summed E-state index contributed by atoms with van der Waals surface area (Å²) in [6.07, 6.45) is 2.78. The molecule has 5 nitrogen and oxygen atoms in total. The van der Waals surface area contributed by atoms with Crippen molar-refractivity contribution in [2.24, 2.45) is 0 Å². The molecule has 2 saturated heterocycles. The molecule has 142 valence electrons. The lowest BCUT2D eigenvalue weighted by Crippen LogP contribution is -2.52. The molecule has 0 saturated carbocycles. The number of anilines is 1. The molecule has 3 heterocycles. The highest BCUT2D eigenvalue weighted by Gasteiger charge is 2.29. The van der Waals surface area contributed by atoms with Gasteiger partial charge in [0.2, 0.25) is 5.91 Å². The third kappa shape index (κ3) is 3.77. The lowest BCUT2D eigenvalue weighted by molar-refractivity contribution is -0.117. The highest BCUT2D eigenvalue weighted by molar-refractivity contribution is 6.01. The summed E-state index contributed by atoms with van der Waals surface area (Å²) in [5.41, 5.74) is 1.72. The van der Waals surface area contributed by atoms with E-state index in [4.69, 9.17) is 0 Å². The molecule has 2 fully saturated rings. The van der Waals surface area contributed by atoms with Gasteiger partial charge in [-0.1, -0.05) is 0 Å². The highest BCUT2D eigenvalue weighted by Crippen LogP contribution is 2.29. The standard InChI is InChI=1S/C20H29FN4O/c1-22-8-11-24(12-9-22)18-4-6-23(7-5-18)10-13-25-19-3-2-17(21)14-16(19)15-20(25)26/h2-3,14,18H,4-13,15H2,1H3. The van der Waals surface area contributed by atoms with Gasteiger partial charge in [0.1, 0.15) is 5.82 Å². The summed E-state index contributed by atoms with van der Waals surface area (Å²) < 4.78 is 13.4. The maximum atomic E-state index is 13.4. The number of fused-ring (bicyclic) bond motifs is 1. The Morgan fingerprint density at radius 3 is 2.50 bits per heavy atom. The first-order valence-electron chi connectivity index (χ1n) is 9.84. The molecule has 1 aromatic carbocycles. The van der Waals surface area contributed by atoms with E-state index < -0.39 is 0 Å². The van der Waals surface area contributed by atoms with Crippen LogP contribution in [-0.2, 0) is 11.2 Å². The third-order valence-corrected chi connectivity index (χ3v) is 6.23. The summed E-state index contributed by atoms with van der Waals surface area (Å²) in [5, 5.41) is 0. The Labute approximate surface area is 155 Å². The van der Waals surface area contributed by atoms with E-state index >= 15 is 0 Å². The Balaban J connectivity index is 1.26. The zero-order valence-corrected chi connectivity index (χ0v) is 15.7. The number of piperazine rings is 1. The van der Waals surface area contributed by atoms with Crippen LogP contribution in [0.2, 0.25) is 0 Å². The topological polar surface area (TPSA) is 30.0 Å². The maximum absolute atomic E-state index is 13.4. The van der Waals surface area contributed by atoms with Gasteiger partial charge in [-0.25, -0.2) is 4.39 Å². The number of likely N-dealkylation sites (tertiary alicyclic amines) is 1. The summed E-state index contributed by atoms with van der Waals surface area (Å²) in [4.78, 5) is 21.6. The van der Waals surface area contributed by atoms with Crippen LogP contribution in [-0.4, -0.2) is 86.1 Å². The summed E-state index contributed by atoms with van der Waals surface area (Å²) in [5.74, 6) is -0.165. The molecule has 1 amide bonds. The molecule has 0 radical (unpaired) electrons. The molecule has 4 rings (SSSR count). The zero-order chi connectivity index (χ0) is 18.1. The molecule has 0 N–H and O–H groups in total. The van der Waals surface area contributed by atoms with Gasteiger partial charge in [0.25, 0.3) is 0 Å². The number of amides is 1. The summed E-state index contributed by atoms with van der Waals surface area (Å²) >= 11 is 0. The fraction of sp³-hybridized carbons (Fsp3) is 0.650. The van der Waals surface area contributed by atoms with Crippen molar-refractivity contribution < 1.29 is 9.18 Å². The van der Waals surface area contributed by atoms with E-state index in [1.165, 1.54) is 51.2 Å². The van der Waals surface area contributed by atoms with Gasteiger partial charge in [-0.05, 0) is 56.7 Å². The molecule has 0 aliphatic carbocycles. The van der Waals surface area contributed by atoms with Crippen LogP contribution >= 0.6 is 0 Å². The molecule has 26 heavy (non-hydrogen) atoms. The van der Waals surface area contributed by atoms with Crippen molar-refractivity contribution in [2.45, 2.75) is 25.3 Å². The van der Waals surface area contributed by atoms with Crippen LogP contribution in [0.25, 0.3) is 0 Å². The molecule has 3 aliphatic heterocycles. The van der Waals surface area contributed by atoms with Gasteiger partial charge in [0.15, 0.2) is 0 Å². The molecule has 0 bridgehead atoms. The van der Waals surface area contributed by atoms with Crippen LogP contribution in [0.15, 0.2) is 18.2 Å². The quantitative estimate of drug-likeness (QED) is 0.813. The van der Waals surface area contributed by atoms with E-state index in [1.807, 2.05) is 4.90 Å². The molecular weight excluding hydrogens is 331 g/mol. The van der Waals surface area contributed by atoms with E-state index in [2.05, 4.69) is 21.7 Å². The SMILES string of the molecule is CN1CCN(C2CCN(CCN3C(=O)Cc4cc(F)ccc43)CC2)CC1. The van der Waals surface area contributed by atoms with Crippen LogP contribution in [0, 0.1) is 5.82 Å². The van der Waals surface area contributed by atoms with Gasteiger partial charge < -0.3 is 14.7 Å². The maximum Gasteiger partial charge on any atom is 0.231 e. The smallest absolute Gasteiger partial charge is 0.231 e. The van der Waals surface area contributed by atoms with Crippen molar-refractivity contribution in [3.63, 3.8) is 0 Å². The van der Waals surface area contributed by atoms with Crippen molar-refractivity contribution in [1.82, 2.24) is 14.7 Å². The normalized spacial score (nSPS) is 23.6. The first-order chi connectivity index (χ1) is 12.6. The molecule has 3 aliphatic rings. The van der Waals surface area contributed by atoms with Crippen LogP contribution in [0.5, 0.6) is 0 Å². The number of piperidine rings is 1. The summed E-state index contributed by atoms with van der Waals surface area (Å²) in [7, 11) is 2.20. The van der Waals surface area contributed by atoms with E-state index in [0.717, 1.165) is 36.9 Å². The Morgan fingerprint density at radius 1 is 1.04 bits per heavy atom. The Bertz CT molecular complexity index is 651. The highest BCUT2D eigenvalue weighted by atomic mass is 19.1. The van der Waals surface area contributed by atoms with Gasteiger partial charge in [-0.2, -0.15) is 0 Å². The minimum atomic E-state index is -0.260. The number of likely N-dealkylation sites (N-methyl/N-ethyl adjacent to an activating group) is 1. The number of nitrogens with zero attached hydrogens (tertiary/aromatic N) is 4. The van der Waals surface area contributed by atoms with Crippen LogP contribution in [0.1, 0.15) is 18.4 Å². The van der Waals surface area contributed by atoms with E-state index in [0.29, 0.717) is 13.0 Å². The predicted molar refractivity (Wildman–Crippen MR) is 101 cm³/mol. The minimum Gasteiger partial charge on any atom is -0.311 e. The molecule has 0 unspecified atom stereocenters. The lowest BCUT2D eigenvalue weighted by Gasteiger charge is -2.42. The van der Waals surface area contributed by atoms with Crippen molar-refractivity contribution in [2.75, 3.05) is 64.3 Å². The number of carbonyl (C=O) groups is 1. The third-order valence-electron chi connectivity index (χ3n) is 6.23. The minimum absolute atomic E-state index is 0.0953. The lowest BCUT2D eigenvalue weighted by atomic mass is 10.0. The fourth-order valence-electron chi connectivity index (χ4n) is 4.53. The zero-order valence-electron chi connectivity index (χ0n) is 15.7. The van der Waals surface area contributed by atoms with E-state index in [1.54, 1.807) is 6.07 Å². The van der Waals surface area contributed by atoms with Gasteiger partial charge in [-0.3, -0.25) is 9.69 Å².